The SMILES string of the molecule is CC(C)(C)OC(=O)N1CCN(C(=O)OCc2ccccc2)C(CN(C(=O)C2CCC2)c2ccccc2F)C1. The van der Waals surface area contributed by atoms with E-state index in [1.165, 1.54) is 20.8 Å². The van der Waals surface area contributed by atoms with E-state index in [4.69, 9.17) is 9.47 Å². The van der Waals surface area contributed by atoms with Gasteiger partial charge in [0, 0.05) is 32.1 Å². The summed E-state index contributed by atoms with van der Waals surface area (Å²) in [4.78, 5) is 44.1. The molecule has 0 aromatic heterocycles. The lowest BCUT2D eigenvalue weighted by atomic mass is 9.84. The van der Waals surface area contributed by atoms with Crippen molar-refractivity contribution in [1.82, 2.24) is 9.80 Å². The monoisotopic (exact) mass is 525 g/mol. The summed E-state index contributed by atoms with van der Waals surface area (Å²) in [6.45, 7) is 6.05. The minimum absolute atomic E-state index is 0.0238. The van der Waals surface area contributed by atoms with Crippen LogP contribution in [0.3, 0.4) is 0 Å². The first-order valence-corrected chi connectivity index (χ1v) is 13.1. The van der Waals surface area contributed by atoms with Gasteiger partial charge >= 0.3 is 12.2 Å². The summed E-state index contributed by atoms with van der Waals surface area (Å²) in [6.07, 6.45) is 1.41. The number of benzene rings is 2. The van der Waals surface area contributed by atoms with Gasteiger partial charge in [0.25, 0.3) is 0 Å². The molecule has 1 saturated heterocycles. The van der Waals surface area contributed by atoms with Gasteiger partial charge in [0.05, 0.1) is 11.7 Å². The van der Waals surface area contributed by atoms with Crippen LogP contribution >= 0.6 is 0 Å². The van der Waals surface area contributed by atoms with Crippen LogP contribution in [0.15, 0.2) is 54.6 Å². The summed E-state index contributed by atoms with van der Waals surface area (Å²) in [7, 11) is 0. The molecule has 1 aliphatic heterocycles. The van der Waals surface area contributed by atoms with Gasteiger partial charge in [-0.1, -0.05) is 48.9 Å². The molecule has 204 valence electrons. The fraction of sp³-hybridized carbons (Fsp3) is 0.483. The first-order valence-electron chi connectivity index (χ1n) is 13.1. The molecule has 2 fully saturated rings. The molecule has 8 nitrogen and oxygen atoms in total. The number of amides is 3. The minimum Gasteiger partial charge on any atom is -0.445 e. The number of hydrogen-bond donors (Lipinski definition) is 0. The summed E-state index contributed by atoms with van der Waals surface area (Å²) in [5.41, 5.74) is 0.326. The fourth-order valence-electron chi connectivity index (χ4n) is 4.61. The van der Waals surface area contributed by atoms with Gasteiger partial charge in [0.15, 0.2) is 0 Å². The van der Waals surface area contributed by atoms with Gasteiger partial charge in [-0.15, -0.1) is 0 Å². The van der Waals surface area contributed by atoms with Crippen molar-refractivity contribution >= 4 is 23.8 Å². The number of nitrogens with zero attached hydrogens (tertiary/aromatic N) is 3. The first-order chi connectivity index (χ1) is 18.1. The molecule has 9 heteroatoms. The number of rotatable bonds is 6. The maximum absolute atomic E-state index is 14.9. The third-order valence-corrected chi connectivity index (χ3v) is 6.83. The van der Waals surface area contributed by atoms with E-state index in [-0.39, 0.29) is 50.3 Å². The van der Waals surface area contributed by atoms with Gasteiger partial charge < -0.3 is 19.3 Å². The smallest absolute Gasteiger partial charge is 0.410 e. The highest BCUT2D eigenvalue weighted by atomic mass is 19.1. The standard InChI is InChI=1S/C29H36FN3O5/c1-29(2,3)38-27(35)31-16-17-32(28(36)37-20-21-10-5-4-6-11-21)23(18-31)19-33(26(34)22-12-9-13-22)25-15-8-7-14-24(25)30/h4-8,10-11,14-15,22-23H,9,12-13,16-20H2,1-3H3. The lowest BCUT2D eigenvalue weighted by molar-refractivity contribution is -0.125. The second-order valence-corrected chi connectivity index (χ2v) is 10.8. The van der Waals surface area contributed by atoms with Gasteiger partial charge in [-0.25, -0.2) is 14.0 Å². The molecule has 0 spiro atoms. The summed E-state index contributed by atoms with van der Waals surface area (Å²) < 4.78 is 26.1. The van der Waals surface area contributed by atoms with E-state index in [1.54, 1.807) is 39.0 Å². The summed E-state index contributed by atoms with van der Waals surface area (Å²) in [6, 6.07) is 14.9. The van der Waals surface area contributed by atoms with Gasteiger partial charge in [-0.05, 0) is 51.3 Å². The van der Waals surface area contributed by atoms with Crippen LogP contribution < -0.4 is 4.90 Å². The van der Waals surface area contributed by atoms with E-state index in [9.17, 15) is 18.8 Å². The van der Waals surface area contributed by atoms with Crippen LogP contribution in [-0.2, 0) is 20.9 Å². The Morgan fingerprint density at radius 2 is 1.66 bits per heavy atom. The fourth-order valence-corrected chi connectivity index (χ4v) is 4.61. The number of ether oxygens (including phenoxy) is 2. The summed E-state index contributed by atoms with van der Waals surface area (Å²) >= 11 is 0. The zero-order valence-corrected chi connectivity index (χ0v) is 22.3. The maximum atomic E-state index is 14.9. The second-order valence-electron chi connectivity index (χ2n) is 10.8. The number of halogens is 1. The van der Waals surface area contributed by atoms with Crippen molar-refractivity contribution in [3.63, 3.8) is 0 Å². The van der Waals surface area contributed by atoms with E-state index in [0.29, 0.717) is 0 Å². The molecule has 1 saturated carbocycles. The van der Waals surface area contributed by atoms with Crippen molar-refractivity contribution in [1.29, 1.82) is 0 Å². The molecule has 1 atom stereocenters. The van der Waals surface area contributed by atoms with E-state index < -0.39 is 29.6 Å². The number of piperazine rings is 1. The minimum atomic E-state index is -0.683. The summed E-state index contributed by atoms with van der Waals surface area (Å²) in [5.74, 6) is -0.870. The number of para-hydroxylation sites is 1. The third kappa shape index (κ3) is 6.82. The van der Waals surface area contributed by atoms with Crippen LogP contribution in [0.4, 0.5) is 19.7 Å². The molecule has 0 bridgehead atoms. The molecule has 3 amide bonds. The lowest BCUT2D eigenvalue weighted by Crippen LogP contribution is -2.61. The molecular formula is C29H36FN3O5. The highest BCUT2D eigenvalue weighted by molar-refractivity contribution is 5.95. The Labute approximate surface area is 223 Å². The molecule has 38 heavy (non-hydrogen) atoms. The zero-order valence-electron chi connectivity index (χ0n) is 22.3. The van der Waals surface area contributed by atoms with Gasteiger partial charge in [-0.3, -0.25) is 9.69 Å². The molecule has 2 aliphatic rings. The van der Waals surface area contributed by atoms with Crippen LogP contribution in [0.2, 0.25) is 0 Å². The zero-order chi connectivity index (χ0) is 27.3. The van der Waals surface area contributed by atoms with E-state index in [2.05, 4.69) is 0 Å². The Hall–Kier alpha value is -3.62. The van der Waals surface area contributed by atoms with E-state index in [0.717, 1.165) is 24.8 Å². The van der Waals surface area contributed by atoms with E-state index >= 15 is 0 Å². The number of carbonyl (C=O) groups excluding carboxylic acids is 3. The Morgan fingerprint density at radius 1 is 0.974 bits per heavy atom. The Balaban J connectivity index is 1.57. The Kier molecular flexibility index (Phi) is 8.54. The van der Waals surface area contributed by atoms with Crippen molar-refractivity contribution in [2.24, 2.45) is 5.92 Å². The van der Waals surface area contributed by atoms with Gasteiger partial charge in [0.2, 0.25) is 5.91 Å². The van der Waals surface area contributed by atoms with Crippen molar-refractivity contribution < 1.29 is 28.2 Å². The van der Waals surface area contributed by atoms with Crippen LogP contribution in [0.5, 0.6) is 0 Å². The van der Waals surface area contributed by atoms with Crippen molar-refractivity contribution in [3.05, 3.63) is 66.0 Å². The molecule has 1 aliphatic carbocycles. The molecule has 0 radical (unpaired) electrons. The van der Waals surface area contributed by atoms with Crippen LogP contribution in [0.25, 0.3) is 0 Å². The van der Waals surface area contributed by atoms with Crippen LogP contribution in [0, 0.1) is 11.7 Å². The number of anilines is 1. The van der Waals surface area contributed by atoms with Gasteiger partial charge in [-0.2, -0.15) is 0 Å². The molecule has 1 heterocycles. The van der Waals surface area contributed by atoms with Crippen molar-refractivity contribution in [2.75, 3.05) is 31.1 Å². The maximum Gasteiger partial charge on any atom is 0.410 e. The molecule has 0 N–H and O–H groups in total. The van der Waals surface area contributed by atoms with Crippen LogP contribution in [-0.4, -0.2) is 65.7 Å². The molecule has 4 rings (SSSR count). The third-order valence-electron chi connectivity index (χ3n) is 6.83. The van der Waals surface area contributed by atoms with Crippen molar-refractivity contribution in [3.8, 4) is 0 Å². The number of carbonyl (C=O) groups is 3. The highest BCUT2D eigenvalue weighted by Crippen LogP contribution is 2.32. The number of hydrogen-bond acceptors (Lipinski definition) is 5. The topological polar surface area (TPSA) is 79.4 Å². The second kappa shape index (κ2) is 11.8. The largest absolute Gasteiger partial charge is 0.445 e. The molecular weight excluding hydrogens is 489 g/mol. The molecule has 2 aromatic carbocycles. The van der Waals surface area contributed by atoms with Crippen LogP contribution in [0.1, 0.15) is 45.6 Å². The van der Waals surface area contributed by atoms with Crippen molar-refractivity contribution in [2.45, 2.75) is 58.3 Å². The highest BCUT2D eigenvalue weighted by Gasteiger charge is 2.39. The predicted octanol–water partition coefficient (Wildman–Crippen LogP) is 5.22. The van der Waals surface area contributed by atoms with E-state index in [1.807, 2.05) is 30.3 Å². The molecule has 2 aromatic rings. The Morgan fingerprint density at radius 3 is 2.29 bits per heavy atom. The predicted molar refractivity (Wildman–Crippen MR) is 141 cm³/mol. The van der Waals surface area contributed by atoms with Gasteiger partial charge in [0.1, 0.15) is 18.0 Å². The average Bonchev–Trinajstić information content (AvgIpc) is 2.85. The lowest BCUT2D eigenvalue weighted by Gasteiger charge is -2.43. The quantitative estimate of drug-likeness (QED) is 0.517. The first kappa shape index (κ1) is 27.4. The normalized spacial score (nSPS) is 17.9. The Bertz CT molecular complexity index is 1130. The average molecular weight is 526 g/mol. The molecule has 1 unspecified atom stereocenters. The summed E-state index contributed by atoms with van der Waals surface area (Å²) in [5, 5.41) is 0.